The molecular formula is C13H22O. The van der Waals surface area contributed by atoms with E-state index in [-0.39, 0.29) is 0 Å². The number of hydrogen-bond acceptors (Lipinski definition) is 1. The van der Waals surface area contributed by atoms with Crippen molar-refractivity contribution in [1.82, 2.24) is 0 Å². The van der Waals surface area contributed by atoms with Crippen molar-refractivity contribution in [3.63, 3.8) is 0 Å². The normalized spacial score (nSPS) is 20.3. The molecule has 1 unspecified atom stereocenters. The van der Waals surface area contributed by atoms with Crippen LogP contribution >= 0.6 is 0 Å². The Morgan fingerprint density at radius 3 is 2.50 bits per heavy atom. The molecule has 0 radical (unpaired) electrons. The zero-order chi connectivity index (χ0) is 10.2. The largest absolute Gasteiger partial charge is 0.378 e. The molecule has 0 aromatic carbocycles. The Morgan fingerprint density at radius 1 is 1.21 bits per heavy atom. The van der Waals surface area contributed by atoms with Crippen molar-refractivity contribution in [3.05, 3.63) is 25.3 Å². The molecule has 1 nitrogen and oxygen atoms in total. The second kappa shape index (κ2) is 6.83. The molecule has 1 aliphatic rings. The highest BCUT2D eigenvalue weighted by molar-refractivity contribution is 4.85. The maximum absolute atomic E-state index is 5.87. The van der Waals surface area contributed by atoms with E-state index in [2.05, 4.69) is 13.2 Å². The van der Waals surface area contributed by atoms with Crippen molar-refractivity contribution in [3.8, 4) is 0 Å². The molecule has 1 saturated carbocycles. The molecule has 1 rings (SSSR count). The summed E-state index contributed by atoms with van der Waals surface area (Å²) in [6, 6.07) is 0. The Hall–Kier alpha value is -0.560. The molecule has 80 valence electrons. The minimum atomic E-state index is 0.453. The van der Waals surface area contributed by atoms with E-state index in [1.54, 1.807) is 0 Å². The lowest BCUT2D eigenvalue weighted by Crippen LogP contribution is -2.20. The molecule has 0 amide bonds. The SMILES string of the molecule is C=CCC(C=C)COC1CCCCC1. The molecular weight excluding hydrogens is 172 g/mol. The van der Waals surface area contributed by atoms with Crippen molar-refractivity contribution in [1.29, 1.82) is 0 Å². The predicted octanol–water partition coefficient (Wildman–Crippen LogP) is 3.71. The molecule has 0 bridgehead atoms. The molecule has 1 fully saturated rings. The van der Waals surface area contributed by atoms with Crippen LogP contribution in [0.5, 0.6) is 0 Å². The lowest BCUT2D eigenvalue weighted by Gasteiger charge is -2.23. The van der Waals surface area contributed by atoms with Gasteiger partial charge in [0.25, 0.3) is 0 Å². The highest BCUT2D eigenvalue weighted by Crippen LogP contribution is 2.21. The first-order valence-corrected chi connectivity index (χ1v) is 5.72. The van der Waals surface area contributed by atoms with Gasteiger partial charge in [-0.3, -0.25) is 0 Å². The van der Waals surface area contributed by atoms with Gasteiger partial charge in [-0.15, -0.1) is 13.2 Å². The molecule has 0 heterocycles. The third-order valence-electron chi connectivity index (χ3n) is 2.90. The van der Waals surface area contributed by atoms with Crippen LogP contribution in [0.4, 0.5) is 0 Å². The fraction of sp³-hybridized carbons (Fsp3) is 0.692. The van der Waals surface area contributed by atoms with Crippen molar-refractivity contribution < 1.29 is 4.74 Å². The van der Waals surface area contributed by atoms with E-state index in [4.69, 9.17) is 4.74 Å². The summed E-state index contributed by atoms with van der Waals surface area (Å²) in [5, 5.41) is 0. The first kappa shape index (κ1) is 11.5. The van der Waals surface area contributed by atoms with E-state index in [1.165, 1.54) is 32.1 Å². The van der Waals surface area contributed by atoms with Crippen LogP contribution in [-0.2, 0) is 4.74 Å². The van der Waals surface area contributed by atoms with Crippen LogP contribution < -0.4 is 0 Å². The van der Waals surface area contributed by atoms with Gasteiger partial charge >= 0.3 is 0 Å². The molecule has 0 spiro atoms. The summed E-state index contributed by atoms with van der Waals surface area (Å²) in [5.41, 5.74) is 0. The fourth-order valence-corrected chi connectivity index (χ4v) is 1.94. The Balaban J connectivity index is 2.16. The van der Waals surface area contributed by atoms with Crippen LogP contribution in [0, 0.1) is 5.92 Å². The molecule has 0 aliphatic heterocycles. The predicted molar refractivity (Wildman–Crippen MR) is 61.3 cm³/mol. The summed E-state index contributed by atoms with van der Waals surface area (Å²) in [6.07, 6.45) is 12.0. The Kier molecular flexibility index (Phi) is 5.62. The van der Waals surface area contributed by atoms with Crippen molar-refractivity contribution in [2.45, 2.75) is 44.6 Å². The zero-order valence-electron chi connectivity index (χ0n) is 9.08. The van der Waals surface area contributed by atoms with Crippen molar-refractivity contribution in [2.24, 2.45) is 5.92 Å². The quantitative estimate of drug-likeness (QED) is 0.586. The average molecular weight is 194 g/mol. The summed E-state index contributed by atoms with van der Waals surface area (Å²) in [7, 11) is 0. The maximum Gasteiger partial charge on any atom is 0.0575 e. The first-order chi connectivity index (χ1) is 6.86. The van der Waals surface area contributed by atoms with E-state index in [0.29, 0.717) is 12.0 Å². The van der Waals surface area contributed by atoms with Gasteiger partial charge in [0.05, 0.1) is 12.7 Å². The number of hydrogen-bond donors (Lipinski definition) is 0. The van der Waals surface area contributed by atoms with Crippen molar-refractivity contribution in [2.75, 3.05) is 6.61 Å². The second-order valence-electron chi connectivity index (χ2n) is 4.11. The van der Waals surface area contributed by atoms with E-state index in [0.717, 1.165) is 13.0 Å². The molecule has 0 aromatic rings. The highest BCUT2D eigenvalue weighted by atomic mass is 16.5. The van der Waals surface area contributed by atoms with Gasteiger partial charge in [0.15, 0.2) is 0 Å². The molecule has 0 N–H and O–H groups in total. The van der Waals surface area contributed by atoms with Gasteiger partial charge in [-0.25, -0.2) is 0 Å². The molecule has 1 aliphatic carbocycles. The van der Waals surface area contributed by atoms with Crippen LogP contribution in [0.1, 0.15) is 38.5 Å². The molecule has 0 aromatic heterocycles. The smallest absolute Gasteiger partial charge is 0.0575 e. The maximum atomic E-state index is 5.87. The standard InChI is InChI=1S/C13H22O/c1-3-8-12(4-2)11-14-13-9-6-5-7-10-13/h3-4,12-13H,1-2,5-11H2. The van der Waals surface area contributed by atoms with Crippen LogP contribution in [0.25, 0.3) is 0 Å². The third-order valence-corrected chi connectivity index (χ3v) is 2.90. The average Bonchev–Trinajstić information content (AvgIpc) is 2.25. The van der Waals surface area contributed by atoms with Crippen LogP contribution in [0.2, 0.25) is 0 Å². The summed E-state index contributed by atoms with van der Waals surface area (Å²) < 4.78 is 5.87. The Bertz CT molecular complexity index is 168. The Morgan fingerprint density at radius 2 is 1.93 bits per heavy atom. The van der Waals surface area contributed by atoms with E-state index >= 15 is 0 Å². The summed E-state index contributed by atoms with van der Waals surface area (Å²) in [6.45, 7) is 8.38. The van der Waals surface area contributed by atoms with Gasteiger partial charge in [0.2, 0.25) is 0 Å². The summed E-state index contributed by atoms with van der Waals surface area (Å²) >= 11 is 0. The first-order valence-electron chi connectivity index (χ1n) is 5.72. The topological polar surface area (TPSA) is 9.23 Å². The lowest BCUT2D eigenvalue weighted by molar-refractivity contribution is 0.0158. The third kappa shape index (κ3) is 4.10. The van der Waals surface area contributed by atoms with Crippen LogP contribution in [0.15, 0.2) is 25.3 Å². The lowest BCUT2D eigenvalue weighted by atomic mass is 9.97. The zero-order valence-corrected chi connectivity index (χ0v) is 9.08. The van der Waals surface area contributed by atoms with Gasteiger partial charge in [-0.1, -0.05) is 31.4 Å². The Labute approximate surface area is 87.8 Å². The fourth-order valence-electron chi connectivity index (χ4n) is 1.94. The molecule has 14 heavy (non-hydrogen) atoms. The van der Waals surface area contributed by atoms with Gasteiger partial charge < -0.3 is 4.74 Å². The summed E-state index contributed by atoms with van der Waals surface area (Å²) in [5.74, 6) is 0.453. The minimum Gasteiger partial charge on any atom is -0.378 e. The molecule has 1 heteroatoms. The van der Waals surface area contributed by atoms with E-state index < -0.39 is 0 Å². The van der Waals surface area contributed by atoms with Crippen molar-refractivity contribution >= 4 is 0 Å². The summed E-state index contributed by atoms with van der Waals surface area (Å²) in [4.78, 5) is 0. The van der Waals surface area contributed by atoms with Gasteiger partial charge in [0.1, 0.15) is 0 Å². The molecule has 0 saturated heterocycles. The van der Waals surface area contributed by atoms with Crippen LogP contribution in [0.3, 0.4) is 0 Å². The van der Waals surface area contributed by atoms with E-state index in [1.807, 2.05) is 12.2 Å². The van der Waals surface area contributed by atoms with Gasteiger partial charge in [-0.2, -0.15) is 0 Å². The number of allylic oxidation sites excluding steroid dienone is 1. The van der Waals surface area contributed by atoms with Crippen LogP contribution in [-0.4, -0.2) is 12.7 Å². The van der Waals surface area contributed by atoms with Gasteiger partial charge in [0, 0.05) is 5.92 Å². The second-order valence-corrected chi connectivity index (χ2v) is 4.11. The van der Waals surface area contributed by atoms with Gasteiger partial charge in [-0.05, 0) is 19.3 Å². The minimum absolute atomic E-state index is 0.453. The highest BCUT2D eigenvalue weighted by Gasteiger charge is 2.14. The molecule has 1 atom stereocenters. The van der Waals surface area contributed by atoms with E-state index in [9.17, 15) is 0 Å². The number of ether oxygens (including phenoxy) is 1. The number of rotatable bonds is 6. The monoisotopic (exact) mass is 194 g/mol.